The summed E-state index contributed by atoms with van der Waals surface area (Å²) in [6, 6.07) is 21.3. The number of amides is 1. The quantitative estimate of drug-likeness (QED) is 0.716. The highest BCUT2D eigenvalue weighted by Crippen LogP contribution is 2.30. The van der Waals surface area contributed by atoms with Crippen LogP contribution in [0.3, 0.4) is 0 Å². The number of anilines is 1. The fraction of sp³-hybridized carbons (Fsp3) is 0. The lowest BCUT2D eigenvalue weighted by molar-refractivity contribution is -0.105. The van der Waals surface area contributed by atoms with Crippen LogP contribution in [-0.4, -0.2) is 6.41 Å². The van der Waals surface area contributed by atoms with Crippen LogP contribution in [0.5, 0.6) is 11.5 Å². The number of rotatable bonds is 4. The van der Waals surface area contributed by atoms with Crippen molar-refractivity contribution >= 4 is 22.9 Å². The monoisotopic (exact) mass is 263 g/mol. The average Bonchev–Trinajstić information content (AvgIpc) is 2.49. The molecule has 98 valence electrons. The van der Waals surface area contributed by atoms with Crippen LogP contribution in [0.1, 0.15) is 0 Å². The van der Waals surface area contributed by atoms with E-state index in [0.717, 1.165) is 11.1 Å². The van der Waals surface area contributed by atoms with Crippen LogP contribution >= 0.6 is 0 Å². The summed E-state index contributed by atoms with van der Waals surface area (Å²) in [4.78, 5) is 10.6. The molecule has 1 N–H and O–H groups in total. The van der Waals surface area contributed by atoms with Crippen LogP contribution in [0.25, 0.3) is 10.8 Å². The van der Waals surface area contributed by atoms with E-state index in [4.69, 9.17) is 4.74 Å². The van der Waals surface area contributed by atoms with Gasteiger partial charge >= 0.3 is 0 Å². The van der Waals surface area contributed by atoms with Gasteiger partial charge in [0.2, 0.25) is 6.41 Å². The Kier molecular flexibility index (Phi) is 3.33. The molecule has 0 aromatic heterocycles. The van der Waals surface area contributed by atoms with E-state index in [1.165, 1.54) is 5.39 Å². The molecule has 0 aliphatic rings. The fourth-order valence-corrected chi connectivity index (χ4v) is 2.10. The molecule has 0 atom stereocenters. The molecule has 0 aliphatic heterocycles. The lowest BCUT2D eigenvalue weighted by Crippen LogP contribution is -1.96. The Morgan fingerprint density at radius 2 is 1.60 bits per heavy atom. The van der Waals surface area contributed by atoms with Crippen molar-refractivity contribution < 1.29 is 9.53 Å². The van der Waals surface area contributed by atoms with Crippen molar-refractivity contribution in [3.63, 3.8) is 0 Å². The summed E-state index contributed by atoms with van der Waals surface area (Å²) in [5, 5.41) is 4.91. The number of nitrogens with one attached hydrogen (secondary N) is 1. The topological polar surface area (TPSA) is 38.3 Å². The molecule has 0 radical (unpaired) electrons. The van der Waals surface area contributed by atoms with Crippen LogP contribution in [-0.2, 0) is 4.79 Å². The van der Waals surface area contributed by atoms with Crippen LogP contribution in [0, 0.1) is 0 Å². The molecular formula is C17H13NO2. The molecule has 0 bridgehead atoms. The van der Waals surface area contributed by atoms with E-state index < -0.39 is 0 Å². The summed E-state index contributed by atoms with van der Waals surface area (Å²) in [5.41, 5.74) is 0.649. The maximum absolute atomic E-state index is 10.6. The van der Waals surface area contributed by atoms with Gasteiger partial charge in [0.15, 0.2) is 5.75 Å². The minimum absolute atomic E-state index is 0.620. The standard InChI is InChI=1S/C17H13NO2/c19-12-18-16-7-3-4-8-17(16)20-15-10-9-13-5-1-2-6-14(13)11-15/h1-12H,(H,18,19). The Hall–Kier alpha value is -2.81. The summed E-state index contributed by atoms with van der Waals surface area (Å²) in [6.45, 7) is 0. The Morgan fingerprint density at radius 1 is 0.850 bits per heavy atom. The molecule has 0 saturated heterocycles. The SMILES string of the molecule is O=CNc1ccccc1Oc1ccc2ccccc2c1. The van der Waals surface area contributed by atoms with Gasteiger partial charge in [0.1, 0.15) is 5.75 Å². The molecule has 0 saturated carbocycles. The number of carbonyl (C=O) groups is 1. The highest BCUT2D eigenvalue weighted by Gasteiger charge is 2.04. The molecule has 0 unspecified atom stereocenters. The molecule has 3 rings (SSSR count). The van der Waals surface area contributed by atoms with E-state index in [0.29, 0.717) is 17.8 Å². The number of ether oxygens (including phenoxy) is 1. The number of hydrogen-bond donors (Lipinski definition) is 1. The molecule has 20 heavy (non-hydrogen) atoms. The first kappa shape index (κ1) is 12.2. The van der Waals surface area contributed by atoms with Crippen molar-refractivity contribution in [1.29, 1.82) is 0 Å². The highest BCUT2D eigenvalue weighted by molar-refractivity contribution is 5.84. The summed E-state index contributed by atoms with van der Waals surface area (Å²) < 4.78 is 5.85. The van der Waals surface area contributed by atoms with Crippen LogP contribution in [0.15, 0.2) is 66.7 Å². The van der Waals surface area contributed by atoms with Crippen LogP contribution in [0.2, 0.25) is 0 Å². The second-order valence-corrected chi connectivity index (χ2v) is 4.37. The van der Waals surface area contributed by atoms with Gasteiger partial charge in [-0.1, -0.05) is 42.5 Å². The first-order chi connectivity index (χ1) is 9.86. The predicted octanol–water partition coefficient (Wildman–Crippen LogP) is 4.20. The van der Waals surface area contributed by atoms with Gasteiger partial charge in [-0.05, 0) is 35.0 Å². The fourth-order valence-electron chi connectivity index (χ4n) is 2.10. The van der Waals surface area contributed by atoms with Crippen molar-refractivity contribution in [2.24, 2.45) is 0 Å². The van der Waals surface area contributed by atoms with Gasteiger partial charge in [-0.25, -0.2) is 0 Å². The zero-order valence-corrected chi connectivity index (χ0v) is 10.7. The third-order valence-corrected chi connectivity index (χ3v) is 3.05. The zero-order chi connectivity index (χ0) is 13.8. The van der Waals surface area contributed by atoms with E-state index in [1.807, 2.05) is 54.6 Å². The number of carbonyl (C=O) groups excluding carboxylic acids is 1. The van der Waals surface area contributed by atoms with Crippen LogP contribution in [0.4, 0.5) is 5.69 Å². The normalized spacial score (nSPS) is 10.2. The van der Waals surface area contributed by atoms with Gasteiger partial charge in [0.25, 0.3) is 0 Å². The molecule has 3 aromatic rings. The molecule has 3 aromatic carbocycles. The van der Waals surface area contributed by atoms with Gasteiger partial charge in [-0.15, -0.1) is 0 Å². The van der Waals surface area contributed by atoms with E-state index in [-0.39, 0.29) is 0 Å². The first-order valence-electron chi connectivity index (χ1n) is 6.33. The molecule has 0 fully saturated rings. The van der Waals surface area contributed by atoms with E-state index in [2.05, 4.69) is 11.4 Å². The average molecular weight is 263 g/mol. The predicted molar refractivity (Wildman–Crippen MR) is 80.2 cm³/mol. The lowest BCUT2D eigenvalue weighted by Gasteiger charge is -2.10. The molecule has 0 spiro atoms. The summed E-state index contributed by atoms with van der Waals surface area (Å²) in [6.07, 6.45) is 0.641. The molecule has 0 heterocycles. The largest absolute Gasteiger partial charge is 0.455 e. The smallest absolute Gasteiger partial charge is 0.211 e. The minimum atomic E-state index is 0.620. The summed E-state index contributed by atoms with van der Waals surface area (Å²) in [5.74, 6) is 1.36. The molecule has 3 heteroatoms. The van der Waals surface area contributed by atoms with Crippen molar-refractivity contribution in [2.45, 2.75) is 0 Å². The first-order valence-corrected chi connectivity index (χ1v) is 6.33. The van der Waals surface area contributed by atoms with E-state index >= 15 is 0 Å². The van der Waals surface area contributed by atoms with E-state index in [9.17, 15) is 4.79 Å². The second-order valence-electron chi connectivity index (χ2n) is 4.37. The number of hydrogen-bond acceptors (Lipinski definition) is 2. The molecule has 0 aliphatic carbocycles. The van der Waals surface area contributed by atoms with Gasteiger partial charge < -0.3 is 10.1 Å². The van der Waals surface area contributed by atoms with Gasteiger partial charge in [-0.3, -0.25) is 4.79 Å². The molecule has 1 amide bonds. The molecule has 3 nitrogen and oxygen atoms in total. The second kappa shape index (κ2) is 5.45. The summed E-state index contributed by atoms with van der Waals surface area (Å²) >= 11 is 0. The van der Waals surface area contributed by atoms with E-state index in [1.54, 1.807) is 6.07 Å². The minimum Gasteiger partial charge on any atom is -0.455 e. The Labute approximate surface area is 116 Å². The van der Waals surface area contributed by atoms with Crippen molar-refractivity contribution in [3.05, 3.63) is 66.7 Å². The Balaban J connectivity index is 1.94. The number of para-hydroxylation sites is 2. The zero-order valence-electron chi connectivity index (χ0n) is 10.7. The maximum Gasteiger partial charge on any atom is 0.211 e. The third kappa shape index (κ3) is 2.47. The van der Waals surface area contributed by atoms with Crippen LogP contribution < -0.4 is 10.1 Å². The lowest BCUT2D eigenvalue weighted by atomic mass is 10.1. The highest BCUT2D eigenvalue weighted by atomic mass is 16.5. The Morgan fingerprint density at radius 3 is 2.45 bits per heavy atom. The Bertz CT molecular complexity index is 753. The van der Waals surface area contributed by atoms with Crippen molar-refractivity contribution in [2.75, 3.05) is 5.32 Å². The third-order valence-electron chi connectivity index (χ3n) is 3.05. The summed E-state index contributed by atoms with van der Waals surface area (Å²) in [7, 11) is 0. The van der Waals surface area contributed by atoms with Gasteiger partial charge in [0, 0.05) is 0 Å². The number of benzene rings is 3. The van der Waals surface area contributed by atoms with Gasteiger partial charge in [-0.2, -0.15) is 0 Å². The number of fused-ring (bicyclic) bond motifs is 1. The van der Waals surface area contributed by atoms with Gasteiger partial charge in [0.05, 0.1) is 5.69 Å². The van der Waals surface area contributed by atoms with Crippen molar-refractivity contribution in [3.8, 4) is 11.5 Å². The maximum atomic E-state index is 10.6. The molecular weight excluding hydrogens is 250 g/mol. The van der Waals surface area contributed by atoms with Crippen molar-refractivity contribution in [1.82, 2.24) is 0 Å².